The summed E-state index contributed by atoms with van der Waals surface area (Å²) < 4.78 is 6.43. The first-order valence-corrected chi connectivity index (χ1v) is 7.00. The maximum absolute atomic E-state index is 5.37. The topological polar surface area (TPSA) is 12.5 Å². The third-order valence-electron chi connectivity index (χ3n) is 3.54. The van der Waals surface area contributed by atoms with Gasteiger partial charge < -0.3 is 9.64 Å². The van der Waals surface area contributed by atoms with Crippen LogP contribution < -0.4 is 4.74 Å². The molecule has 94 valence electrons. The van der Waals surface area contributed by atoms with Crippen molar-refractivity contribution in [3.63, 3.8) is 0 Å². The Hall–Kier alpha value is -0.540. The van der Waals surface area contributed by atoms with E-state index in [2.05, 4.69) is 46.8 Å². The van der Waals surface area contributed by atoms with Gasteiger partial charge in [-0.25, -0.2) is 0 Å². The van der Waals surface area contributed by atoms with Gasteiger partial charge >= 0.3 is 0 Å². The minimum Gasteiger partial charge on any atom is -0.496 e. The van der Waals surface area contributed by atoms with Crippen molar-refractivity contribution >= 4 is 15.9 Å². The Bertz CT molecular complexity index is 403. The molecule has 0 unspecified atom stereocenters. The molecule has 0 saturated heterocycles. The van der Waals surface area contributed by atoms with E-state index < -0.39 is 0 Å². The van der Waals surface area contributed by atoms with Gasteiger partial charge in [0.2, 0.25) is 0 Å². The van der Waals surface area contributed by atoms with Gasteiger partial charge in [0, 0.05) is 19.1 Å². The van der Waals surface area contributed by atoms with Crippen LogP contribution in [0.2, 0.25) is 0 Å². The third-order valence-corrected chi connectivity index (χ3v) is 4.16. The van der Waals surface area contributed by atoms with E-state index in [0.29, 0.717) is 6.04 Å². The molecule has 1 aliphatic rings. The average molecular weight is 298 g/mol. The molecule has 0 N–H and O–H groups in total. The number of benzene rings is 1. The van der Waals surface area contributed by atoms with Crippen molar-refractivity contribution in [2.45, 2.75) is 32.7 Å². The molecule has 1 aromatic rings. The highest BCUT2D eigenvalue weighted by molar-refractivity contribution is 9.10. The molecule has 1 aliphatic heterocycles. The lowest BCUT2D eigenvalue weighted by molar-refractivity contribution is 0.233. The van der Waals surface area contributed by atoms with Crippen molar-refractivity contribution in [1.29, 1.82) is 0 Å². The Morgan fingerprint density at radius 2 is 1.76 bits per heavy atom. The largest absolute Gasteiger partial charge is 0.496 e. The van der Waals surface area contributed by atoms with Crippen molar-refractivity contribution in [1.82, 2.24) is 4.90 Å². The van der Waals surface area contributed by atoms with Crippen molar-refractivity contribution < 1.29 is 4.74 Å². The first-order chi connectivity index (χ1) is 8.11. The molecule has 0 bridgehead atoms. The van der Waals surface area contributed by atoms with E-state index >= 15 is 0 Å². The summed E-state index contributed by atoms with van der Waals surface area (Å²) in [6.07, 6.45) is 2.26. The van der Waals surface area contributed by atoms with E-state index in [0.717, 1.165) is 36.2 Å². The molecular formula is C14H20BrNO. The quantitative estimate of drug-likeness (QED) is 0.831. The van der Waals surface area contributed by atoms with E-state index in [-0.39, 0.29) is 0 Å². The highest BCUT2D eigenvalue weighted by Crippen LogP contribution is 2.30. The first kappa shape index (κ1) is 12.9. The standard InChI is InChI=1S/C14H20BrNO/c1-10(2)16-6-4-11-8-13(15)14(17-3)9-12(11)5-7-16/h8-10H,4-7H2,1-3H3. The van der Waals surface area contributed by atoms with Crippen LogP contribution in [0, 0.1) is 0 Å². The van der Waals surface area contributed by atoms with Crippen molar-refractivity contribution in [3.05, 3.63) is 27.7 Å². The Morgan fingerprint density at radius 3 is 2.29 bits per heavy atom. The minimum atomic E-state index is 0.634. The molecule has 0 radical (unpaired) electrons. The average Bonchev–Trinajstić information content (AvgIpc) is 2.50. The zero-order chi connectivity index (χ0) is 12.4. The van der Waals surface area contributed by atoms with Crippen molar-refractivity contribution in [2.24, 2.45) is 0 Å². The molecule has 2 rings (SSSR count). The van der Waals surface area contributed by atoms with Crippen LogP contribution in [0.15, 0.2) is 16.6 Å². The van der Waals surface area contributed by atoms with Gasteiger partial charge in [-0.3, -0.25) is 0 Å². The van der Waals surface area contributed by atoms with Crippen LogP contribution in [0.3, 0.4) is 0 Å². The second-order valence-corrected chi connectivity index (χ2v) is 5.74. The SMILES string of the molecule is COc1cc2c(cc1Br)CCN(C(C)C)CC2. The van der Waals surface area contributed by atoms with Crippen LogP contribution in [-0.2, 0) is 12.8 Å². The molecule has 1 heterocycles. The van der Waals surface area contributed by atoms with E-state index in [1.54, 1.807) is 7.11 Å². The van der Waals surface area contributed by atoms with Gasteiger partial charge in [0.1, 0.15) is 5.75 Å². The normalized spacial score (nSPS) is 16.8. The summed E-state index contributed by atoms with van der Waals surface area (Å²) in [7, 11) is 1.73. The van der Waals surface area contributed by atoms with Gasteiger partial charge in [0.05, 0.1) is 11.6 Å². The summed E-state index contributed by atoms with van der Waals surface area (Å²) in [6, 6.07) is 5.04. The molecule has 0 aliphatic carbocycles. The number of rotatable bonds is 2. The molecule has 0 atom stereocenters. The van der Waals surface area contributed by atoms with E-state index in [9.17, 15) is 0 Å². The molecule has 0 aromatic heterocycles. The number of fused-ring (bicyclic) bond motifs is 1. The van der Waals surface area contributed by atoms with Crippen LogP contribution in [-0.4, -0.2) is 31.1 Å². The zero-order valence-electron chi connectivity index (χ0n) is 10.8. The van der Waals surface area contributed by atoms with Gasteiger partial charge in [0.15, 0.2) is 0 Å². The number of hydrogen-bond acceptors (Lipinski definition) is 2. The molecule has 0 fully saturated rings. The van der Waals surface area contributed by atoms with E-state index in [4.69, 9.17) is 4.74 Å². The molecular weight excluding hydrogens is 278 g/mol. The Morgan fingerprint density at radius 1 is 1.18 bits per heavy atom. The van der Waals surface area contributed by atoms with Crippen molar-refractivity contribution in [2.75, 3.05) is 20.2 Å². The minimum absolute atomic E-state index is 0.634. The van der Waals surface area contributed by atoms with Crippen LogP contribution in [0.1, 0.15) is 25.0 Å². The molecule has 0 amide bonds. The Labute approximate surface area is 112 Å². The smallest absolute Gasteiger partial charge is 0.133 e. The maximum Gasteiger partial charge on any atom is 0.133 e. The highest BCUT2D eigenvalue weighted by Gasteiger charge is 2.17. The lowest BCUT2D eigenvalue weighted by Gasteiger charge is -2.23. The monoisotopic (exact) mass is 297 g/mol. The van der Waals surface area contributed by atoms with Gasteiger partial charge in [-0.15, -0.1) is 0 Å². The Balaban J connectivity index is 2.25. The number of nitrogens with zero attached hydrogens (tertiary/aromatic N) is 1. The van der Waals surface area contributed by atoms with Crippen LogP contribution in [0.5, 0.6) is 5.75 Å². The lowest BCUT2D eigenvalue weighted by Crippen LogP contribution is -2.32. The third kappa shape index (κ3) is 2.83. The zero-order valence-corrected chi connectivity index (χ0v) is 12.4. The molecule has 2 nitrogen and oxygen atoms in total. The second-order valence-electron chi connectivity index (χ2n) is 4.89. The van der Waals surface area contributed by atoms with Crippen LogP contribution >= 0.6 is 15.9 Å². The number of halogens is 1. The van der Waals surface area contributed by atoms with Gasteiger partial charge in [-0.1, -0.05) is 0 Å². The number of ether oxygens (including phenoxy) is 1. The summed E-state index contributed by atoms with van der Waals surface area (Å²) in [5, 5.41) is 0. The fourth-order valence-corrected chi connectivity index (χ4v) is 2.97. The fraction of sp³-hybridized carbons (Fsp3) is 0.571. The molecule has 3 heteroatoms. The predicted octanol–water partition coefficient (Wildman–Crippen LogP) is 3.27. The van der Waals surface area contributed by atoms with Crippen LogP contribution in [0.4, 0.5) is 0 Å². The molecule has 0 saturated carbocycles. The van der Waals surface area contributed by atoms with E-state index in [1.165, 1.54) is 11.1 Å². The first-order valence-electron chi connectivity index (χ1n) is 6.21. The summed E-state index contributed by atoms with van der Waals surface area (Å²) in [5.74, 6) is 0.946. The van der Waals surface area contributed by atoms with Gasteiger partial charge in [0.25, 0.3) is 0 Å². The second kappa shape index (κ2) is 5.40. The Kier molecular flexibility index (Phi) is 4.10. The summed E-state index contributed by atoms with van der Waals surface area (Å²) >= 11 is 3.57. The van der Waals surface area contributed by atoms with Crippen molar-refractivity contribution in [3.8, 4) is 5.75 Å². The van der Waals surface area contributed by atoms with E-state index in [1.807, 2.05) is 0 Å². The van der Waals surface area contributed by atoms with Gasteiger partial charge in [-0.2, -0.15) is 0 Å². The molecule has 1 aromatic carbocycles. The summed E-state index contributed by atoms with van der Waals surface area (Å²) in [5.41, 5.74) is 2.90. The highest BCUT2D eigenvalue weighted by atomic mass is 79.9. The number of hydrogen-bond donors (Lipinski definition) is 0. The maximum atomic E-state index is 5.37. The summed E-state index contributed by atoms with van der Waals surface area (Å²) in [6.45, 7) is 6.85. The van der Waals surface area contributed by atoms with Crippen LogP contribution in [0.25, 0.3) is 0 Å². The fourth-order valence-electron chi connectivity index (χ4n) is 2.41. The molecule has 0 spiro atoms. The lowest BCUT2D eigenvalue weighted by atomic mass is 10.0. The molecule has 17 heavy (non-hydrogen) atoms. The predicted molar refractivity (Wildman–Crippen MR) is 74.8 cm³/mol. The summed E-state index contributed by atoms with van der Waals surface area (Å²) in [4.78, 5) is 2.54. The number of methoxy groups -OCH3 is 1. The van der Waals surface area contributed by atoms with Gasteiger partial charge in [-0.05, 0) is 65.9 Å².